The number of hydrogen-bond acceptors (Lipinski definition) is 6. The van der Waals surface area contributed by atoms with Crippen LogP contribution in [0.2, 0.25) is 0 Å². The van der Waals surface area contributed by atoms with Crippen molar-refractivity contribution in [2.45, 2.75) is 13.3 Å². The highest BCUT2D eigenvalue weighted by Crippen LogP contribution is 2.24. The van der Waals surface area contributed by atoms with E-state index in [-0.39, 0.29) is 0 Å². The van der Waals surface area contributed by atoms with Crippen LogP contribution in [-0.2, 0) is 6.42 Å². The number of nitrogens with zero attached hydrogens (tertiary/aromatic N) is 5. The quantitative estimate of drug-likeness (QED) is 0.566. The molecular formula is C20H20N6O. The Morgan fingerprint density at radius 3 is 2.74 bits per heavy atom. The van der Waals surface area contributed by atoms with Gasteiger partial charge in [-0.2, -0.15) is 10.1 Å². The number of aromatic nitrogens is 5. The summed E-state index contributed by atoms with van der Waals surface area (Å²) in [6.07, 6.45) is 6.41. The van der Waals surface area contributed by atoms with Gasteiger partial charge in [-0.15, -0.1) is 0 Å². The van der Waals surface area contributed by atoms with Crippen molar-refractivity contribution in [1.82, 2.24) is 25.3 Å². The van der Waals surface area contributed by atoms with Crippen LogP contribution in [0.3, 0.4) is 0 Å². The number of nitrogens with one attached hydrogen (secondary N) is 1. The van der Waals surface area contributed by atoms with E-state index in [1.54, 1.807) is 6.20 Å². The average Bonchev–Trinajstić information content (AvgIpc) is 3.39. The highest BCUT2D eigenvalue weighted by molar-refractivity contribution is 5.62. The molecule has 1 aromatic carbocycles. The molecule has 0 bridgehead atoms. The highest BCUT2D eigenvalue weighted by Gasteiger charge is 2.13. The van der Waals surface area contributed by atoms with Crippen molar-refractivity contribution in [3.63, 3.8) is 0 Å². The number of aromatic amines is 1. The Kier molecular flexibility index (Phi) is 4.65. The van der Waals surface area contributed by atoms with Crippen LogP contribution >= 0.6 is 0 Å². The van der Waals surface area contributed by atoms with Gasteiger partial charge in [-0.05, 0) is 36.6 Å². The van der Waals surface area contributed by atoms with Gasteiger partial charge in [-0.3, -0.25) is 5.10 Å². The van der Waals surface area contributed by atoms with E-state index in [0.29, 0.717) is 11.7 Å². The van der Waals surface area contributed by atoms with Crippen molar-refractivity contribution in [2.75, 3.05) is 18.5 Å². The lowest BCUT2D eigenvalue weighted by Crippen LogP contribution is -2.21. The van der Waals surface area contributed by atoms with Crippen molar-refractivity contribution in [3.8, 4) is 22.8 Å². The molecule has 0 amide bonds. The number of anilines is 1. The molecule has 0 unspecified atom stereocenters. The maximum Gasteiger partial charge on any atom is 0.259 e. The second-order valence-electron chi connectivity index (χ2n) is 6.42. The van der Waals surface area contributed by atoms with E-state index in [9.17, 15) is 0 Å². The van der Waals surface area contributed by atoms with Gasteiger partial charge in [0.1, 0.15) is 5.82 Å². The second-order valence-corrected chi connectivity index (χ2v) is 6.42. The SMILES string of the molecule is Cc1ccccc1-c1noc(-c2ccc(N(C)CCc3cn[nH]c3)nc2)n1. The first-order valence-corrected chi connectivity index (χ1v) is 8.75. The van der Waals surface area contributed by atoms with E-state index in [1.807, 2.05) is 62.8 Å². The monoisotopic (exact) mass is 360 g/mol. The van der Waals surface area contributed by atoms with Crippen LogP contribution in [0.15, 0.2) is 59.5 Å². The minimum Gasteiger partial charge on any atom is -0.359 e. The van der Waals surface area contributed by atoms with Crippen molar-refractivity contribution in [3.05, 3.63) is 66.1 Å². The topological polar surface area (TPSA) is 83.7 Å². The van der Waals surface area contributed by atoms with Gasteiger partial charge in [0.25, 0.3) is 5.89 Å². The largest absolute Gasteiger partial charge is 0.359 e. The van der Waals surface area contributed by atoms with Crippen molar-refractivity contribution in [2.24, 2.45) is 0 Å². The Morgan fingerprint density at radius 1 is 1.11 bits per heavy atom. The molecule has 7 nitrogen and oxygen atoms in total. The van der Waals surface area contributed by atoms with Gasteiger partial charge in [0.05, 0.1) is 11.8 Å². The molecule has 3 heterocycles. The number of H-pyrrole nitrogens is 1. The zero-order valence-corrected chi connectivity index (χ0v) is 15.3. The summed E-state index contributed by atoms with van der Waals surface area (Å²) >= 11 is 0. The number of hydrogen-bond donors (Lipinski definition) is 1. The van der Waals surface area contributed by atoms with Gasteiger partial charge in [-0.1, -0.05) is 29.4 Å². The fourth-order valence-corrected chi connectivity index (χ4v) is 2.84. The summed E-state index contributed by atoms with van der Waals surface area (Å²) in [5.74, 6) is 1.94. The van der Waals surface area contributed by atoms with Crippen LogP contribution in [-0.4, -0.2) is 38.9 Å². The number of rotatable bonds is 6. The van der Waals surface area contributed by atoms with Gasteiger partial charge in [0.15, 0.2) is 0 Å². The molecule has 0 saturated heterocycles. The third-order valence-electron chi connectivity index (χ3n) is 4.49. The number of aryl methyl sites for hydroxylation is 1. The Labute approximate surface area is 157 Å². The van der Waals surface area contributed by atoms with Crippen LogP contribution in [0.1, 0.15) is 11.1 Å². The molecule has 0 aliphatic carbocycles. The minimum atomic E-state index is 0.466. The van der Waals surface area contributed by atoms with Crippen LogP contribution in [0, 0.1) is 6.92 Å². The lowest BCUT2D eigenvalue weighted by Gasteiger charge is -2.17. The molecule has 27 heavy (non-hydrogen) atoms. The lowest BCUT2D eigenvalue weighted by molar-refractivity contribution is 0.432. The molecule has 0 fully saturated rings. The number of benzene rings is 1. The maximum absolute atomic E-state index is 5.43. The zero-order valence-electron chi connectivity index (χ0n) is 15.3. The fraction of sp³-hybridized carbons (Fsp3) is 0.200. The molecule has 0 saturated carbocycles. The standard InChI is InChI=1S/C20H20N6O/c1-14-5-3-4-6-17(14)19-24-20(27-25-19)16-7-8-18(21-13-16)26(2)10-9-15-11-22-23-12-15/h3-8,11-13H,9-10H2,1-2H3,(H,22,23). The molecule has 0 aliphatic rings. The van der Waals surface area contributed by atoms with E-state index in [2.05, 4.69) is 30.2 Å². The molecule has 3 aromatic heterocycles. The van der Waals surface area contributed by atoms with Gasteiger partial charge < -0.3 is 9.42 Å². The third kappa shape index (κ3) is 3.72. The molecule has 7 heteroatoms. The van der Waals surface area contributed by atoms with Crippen LogP contribution < -0.4 is 4.90 Å². The summed E-state index contributed by atoms with van der Waals surface area (Å²) in [4.78, 5) is 11.1. The number of pyridine rings is 1. The Hall–Kier alpha value is -3.48. The normalized spacial score (nSPS) is 10.9. The molecule has 0 aliphatic heterocycles. The lowest BCUT2D eigenvalue weighted by atomic mass is 10.1. The third-order valence-corrected chi connectivity index (χ3v) is 4.49. The number of likely N-dealkylation sites (N-methyl/N-ethyl adjacent to an activating group) is 1. The smallest absolute Gasteiger partial charge is 0.259 e. The molecule has 0 spiro atoms. The summed E-state index contributed by atoms with van der Waals surface area (Å²) in [5.41, 5.74) is 4.05. The average molecular weight is 360 g/mol. The van der Waals surface area contributed by atoms with Crippen molar-refractivity contribution in [1.29, 1.82) is 0 Å². The Morgan fingerprint density at radius 2 is 2.00 bits per heavy atom. The van der Waals surface area contributed by atoms with Crippen LogP contribution in [0.5, 0.6) is 0 Å². The first kappa shape index (κ1) is 17.0. The fourth-order valence-electron chi connectivity index (χ4n) is 2.84. The molecule has 4 rings (SSSR count). The van der Waals surface area contributed by atoms with Crippen molar-refractivity contribution >= 4 is 5.82 Å². The van der Waals surface area contributed by atoms with Gasteiger partial charge in [0.2, 0.25) is 5.82 Å². The first-order valence-electron chi connectivity index (χ1n) is 8.75. The summed E-state index contributed by atoms with van der Waals surface area (Å²) in [5, 5.41) is 10.9. The van der Waals surface area contributed by atoms with Gasteiger partial charge in [0, 0.05) is 31.5 Å². The molecule has 4 aromatic rings. The predicted octanol–water partition coefficient (Wildman–Crippen LogP) is 3.51. The summed E-state index contributed by atoms with van der Waals surface area (Å²) in [6, 6.07) is 11.9. The van der Waals surface area contributed by atoms with Crippen LogP contribution in [0.25, 0.3) is 22.8 Å². The van der Waals surface area contributed by atoms with E-state index in [4.69, 9.17) is 4.52 Å². The highest BCUT2D eigenvalue weighted by atomic mass is 16.5. The molecule has 1 N–H and O–H groups in total. The van der Waals surface area contributed by atoms with E-state index < -0.39 is 0 Å². The molecule has 0 radical (unpaired) electrons. The zero-order chi connectivity index (χ0) is 18.6. The Balaban J connectivity index is 1.47. The van der Waals surface area contributed by atoms with Gasteiger partial charge >= 0.3 is 0 Å². The van der Waals surface area contributed by atoms with E-state index in [0.717, 1.165) is 35.5 Å². The molecule has 136 valence electrons. The molecular weight excluding hydrogens is 340 g/mol. The van der Waals surface area contributed by atoms with E-state index in [1.165, 1.54) is 5.56 Å². The maximum atomic E-state index is 5.43. The Bertz CT molecular complexity index is 1010. The molecule has 0 atom stereocenters. The van der Waals surface area contributed by atoms with Gasteiger partial charge in [-0.25, -0.2) is 4.98 Å². The summed E-state index contributed by atoms with van der Waals surface area (Å²) in [6.45, 7) is 2.88. The minimum absolute atomic E-state index is 0.466. The second kappa shape index (κ2) is 7.41. The van der Waals surface area contributed by atoms with E-state index >= 15 is 0 Å². The first-order chi connectivity index (χ1) is 13.2. The van der Waals surface area contributed by atoms with Crippen molar-refractivity contribution < 1.29 is 4.52 Å². The predicted molar refractivity (Wildman–Crippen MR) is 103 cm³/mol. The van der Waals surface area contributed by atoms with Crippen LogP contribution in [0.4, 0.5) is 5.82 Å². The summed E-state index contributed by atoms with van der Waals surface area (Å²) in [7, 11) is 2.02. The summed E-state index contributed by atoms with van der Waals surface area (Å²) < 4.78 is 5.43.